The number of hydrogen-bond donors (Lipinski definition) is 2. The fourth-order valence-corrected chi connectivity index (χ4v) is 5.11. The van der Waals surface area contributed by atoms with Crippen molar-refractivity contribution < 1.29 is 27.8 Å². The predicted octanol–water partition coefficient (Wildman–Crippen LogP) is 4.71. The van der Waals surface area contributed by atoms with E-state index < -0.39 is 21.9 Å². The summed E-state index contributed by atoms with van der Waals surface area (Å²) in [4.78, 5) is 11.8. The molecule has 0 radical (unpaired) electrons. The van der Waals surface area contributed by atoms with Crippen molar-refractivity contribution >= 4 is 39.8 Å². The summed E-state index contributed by atoms with van der Waals surface area (Å²) < 4.78 is 36.4. The van der Waals surface area contributed by atoms with Crippen LogP contribution in [0.15, 0.2) is 76.5 Å². The molecule has 0 bridgehead atoms. The van der Waals surface area contributed by atoms with E-state index in [0.29, 0.717) is 35.8 Å². The molecule has 3 aromatic carbocycles. The van der Waals surface area contributed by atoms with E-state index in [0.717, 1.165) is 11.1 Å². The lowest BCUT2D eigenvalue weighted by Crippen LogP contribution is -2.23. The number of aliphatic hydroxyl groups excluding tert-OH is 1. The number of ether oxygens (including phenoxy) is 2. The number of hydrogen-bond acceptors (Lipinski definition) is 7. The van der Waals surface area contributed by atoms with Gasteiger partial charge < -0.3 is 19.9 Å². The number of nitrogens with one attached hydrogen (secondary N) is 1. The van der Waals surface area contributed by atoms with Crippen LogP contribution in [0.1, 0.15) is 29.7 Å². The van der Waals surface area contributed by atoms with Gasteiger partial charge in [-0.15, -0.1) is 12.4 Å². The van der Waals surface area contributed by atoms with Crippen molar-refractivity contribution in [2.24, 2.45) is 0 Å². The van der Waals surface area contributed by atoms with E-state index >= 15 is 0 Å². The van der Waals surface area contributed by atoms with Gasteiger partial charge in [0.05, 0.1) is 22.5 Å². The molecule has 2 N–H and O–H groups in total. The van der Waals surface area contributed by atoms with Crippen LogP contribution in [-0.4, -0.2) is 45.8 Å². The Balaban J connectivity index is 0.00000481. The molecule has 3 aromatic rings. The molecule has 200 valence electrons. The molecule has 7 nitrogen and oxygen atoms in total. The maximum Gasteiger partial charge on any atom is 0.344 e. The molecule has 0 aliphatic rings. The van der Waals surface area contributed by atoms with Crippen molar-refractivity contribution in [3.05, 3.63) is 88.4 Å². The smallest absolute Gasteiger partial charge is 0.344 e. The van der Waals surface area contributed by atoms with Gasteiger partial charge in [-0.1, -0.05) is 35.9 Å². The summed E-state index contributed by atoms with van der Waals surface area (Å²) in [7, 11) is -3.71. The summed E-state index contributed by atoms with van der Waals surface area (Å²) in [5, 5.41) is 14.1. The monoisotopic (exact) mass is 567 g/mol. The zero-order chi connectivity index (χ0) is 26.1. The molecule has 0 aliphatic carbocycles. The van der Waals surface area contributed by atoms with E-state index in [4.69, 9.17) is 21.1 Å². The van der Waals surface area contributed by atoms with Gasteiger partial charge in [0, 0.05) is 11.6 Å². The van der Waals surface area contributed by atoms with Gasteiger partial charge in [0.25, 0.3) is 0 Å². The second-order valence-electron chi connectivity index (χ2n) is 8.19. The molecule has 3 rings (SSSR count). The van der Waals surface area contributed by atoms with Crippen LogP contribution >= 0.6 is 24.0 Å². The fraction of sp³-hybridized carbons (Fsp3) is 0.296. The van der Waals surface area contributed by atoms with Crippen LogP contribution in [0.5, 0.6) is 5.75 Å². The van der Waals surface area contributed by atoms with E-state index in [1.807, 2.05) is 6.07 Å². The number of aliphatic hydroxyl groups is 1. The lowest BCUT2D eigenvalue weighted by atomic mass is 10.1. The molecular weight excluding hydrogens is 537 g/mol. The van der Waals surface area contributed by atoms with E-state index in [9.17, 15) is 18.3 Å². The SMILES string of the molecule is CCOC(=O)COc1ccc(S(=O)(=O)c2ccc(CCNC[C@H](O)c3cccc(Cl)c3)cc2)cc1C.Cl. The number of benzene rings is 3. The van der Waals surface area contributed by atoms with Gasteiger partial charge in [-0.25, -0.2) is 13.2 Å². The molecule has 0 fully saturated rings. The topological polar surface area (TPSA) is 102 Å². The minimum Gasteiger partial charge on any atom is -0.482 e. The Morgan fingerprint density at radius 2 is 1.76 bits per heavy atom. The van der Waals surface area contributed by atoms with Gasteiger partial charge in [-0.3, -0.25) is 0 Å². The van der Waals surface area contributed by atoms with Crippen LogP contribution in [-0.2, 0) is 25.8 Å². The molecule has 37 heavy (non-hydrogen) atoms. The van der Waals surface area contributed by atoms with Crippen molar-refractivity contribution in [2.75, 3.05) is 26.3 Å². The molecule has 10 heteroatoms. The lowest BCUT2D eigenvalue weighted by Gasteiger charge is -2.13. The fourth-order valence-electron chi connectivity index (χ4n) is 3.56. The van der Waals surface area contributed by atoms with Crippen LogP contribution in [0.3, 0.4) is 0 Å². The van der Waals surface area contributed by atoms with E-state index in [2.05, 4.69) is 5.32 Å². The number of aryl methyl sites for hydroxylation is 1. The largest absolute Gasteiger partial charge is 0.482 e. The maximum atomic E-state index is 13.1. The third kappa shape index (κ3) is 8.72. The first-order chi connectivity index (χ1) is 17.2. The van der Waals surface area contributed by atoms with Crippen LogP contribution in [0.25, 0.3) is 0 Å². The number of carbonyl (C=O) groups is 1. The number of carbonyl (C=O) groups excluding carboxylic acids is 1. The Kier molecular flexibility index (Phi) is 11.9. The number of sulfone groups is 1. The normalized spacial score (nSPS) is 11.9. The Bertz CT molecular complexity index is 1280. The minimum atomic E-state index is -3.71. The lowest BCUT2D eigenvalue weighted by molar-refractivity contribution is -0.145. The van der Waals surface area contributed by atoms with Crippen molar-refractivity contribution in [3.63, 3.8) is 0 Å². The molecule has 0 unspecified atom stereocenters. The zero-order valence-electron chi connectivity index (χ0n) is 20.6. The molecule has 0 aliphatic heterocycles. The Morgan fingerprint density at radius 3 is 2.41 bits per heavy atom. The summed E-state index contributed by atoms with van der Waals surface area (Å²) in [6.45, 7) is 4.46. The Hall–Kier alpha value is -2.62. The Morgan fingerprint density at radius 1 is 1.05 bits per heavy atom. The molecule has 0 spiro atoms. The predicted molar refractivity (Wildman–Crippen MR) is 145 cm³/mol. The summed E-state index contributed by atoms with van der Waals surface area (Å²) in [5.41, 5.74) is 2.32. The second kappa shape index (κ2) is 14.4. The number of halogens is 2. The van der Waals surface area contributed by atoms with Crippen LogP contribution < -0.4 is 10.1 Å². The molecule has 0 saturated heterocycles. The summed E-state index contributed by atoms with van der Waals surface area (Å²) in [5.74, 6) is -0.0634. The molecule has 0 aromatic heterocycles. The van der Waals surface area contributed by atoms with Crippen molar-refractivity contribution in [2.45, 2.75) is 36.2 Å². The molecule has 0 amide bonds. The van der Waals surface area contributed by atoms with Crippen LogP contribution in [0.2, 0.25) is 5.02 Å². The summed E-state index contributed by atoms with van der Waals surface area (Å²) >= 11 is 5.97. The molecule has 0 saturated carbocycles. The first-order valence-electron chi connectivity index (χ1n) is 11.6. The highest BCUT2D eigenvalue weighted by atomic mass is 35.5. The second-order valence-corrected chi connectivity index (χ2v) is 10.6. The summed E-state index contributed by atoms with van der Waals surface area (Å²) in [6.07, 6.45) is 0.00964. The molecule has 0 heterocycles. The van der Waals surface area contributed by atoms with Gasteiger partial charge >= 0.3 is 5.97 Å². The number of rotatable bonds is 12. The Labute approximate surface area is 229 Å². The average Bonchev–Trinajstić information content (AvgIpc) is 2.86. The molecule has 1 atom stereocenters. The van der Waals surface area contributed by atoms with Crippen molar-refractivity contribution in [3.8, 4) is 5.75 Å². The first kappa shape index (κ1) is 30.6. The van der Waals surface area contributed by atoms with Crippen LogP contribution in [0.4, 0.5) is 0 Å². The van der Waals surface area contributed by atoms with Gasteiger partial charge in [-0.2, -0.15) is 0 Å². The maximum absolute atomic E-state index is 13.1. The highest BCUT2D eigenvalue weighted by Gasteiger charge is 2.19. The average molecular weight is 569 g/mol. The van der Waals surface area contributed by atoms with Crippen LogP contribution in [0, 0.1) is 6.92 Å². The van der Waals surface area contributed by atoms with Gasteiger partial charge in [0.1, 0.15) is 5.75 Å². The third-order valence-electron chi connectivity index (χ3n) is 5.50. The standard InChI is InChI=1S/C27H30ClNO6S.ClH/c1-3-34-27(31)18-35-26-12-11-24(15-19(26)2)36(32,33)23-9-7-20(8-10-23)13-14-29-17-25(30)21-5-4-6-22(28)16-21;/h4-12,15-16,25,29-30H,3,13-14,17-18H2,1-2H3;1H/t25-;/m0./s1. The minimum absolute atomic E-state index is 0. The highest BCUT2D eigenvalue weighted by Crippen LogP contribution is 2.27. The van der Waals surface area contributed by atoms with Gasteiger partial charge in [0.2, 0.25) is 9.84 Å². The van der Waals surface area contributed by atoms with Crippen molar-refractivity contribution in [1.29, 1.82) is 0 Å². The van der Waals surface area contributed by atoms with E-state index in [-0.39, 0.29) is 35.4 Å². The van der Waals surface area contributed by atoms with E-state index in [1.54, 1.807) is 62.4 Å². The first-order valence-corrected chi connectivity index (χ1v) is 13.4. The van der Waals surface area contributed by atoms with Gasteiger partial charge in [0.15, 0.2) is 6.61 Å². The number of esters is 1. The van der Waals surface area contributed by atoms with Gasteiger partial charge in [-0.05, 0) is 86.0 Å². The zero-order valence-corrected chi connectivity index (χ0v) is 23.0. The third-order valence-corrected chi connectivity index (χ3v) is 7.51. The van der Waals surface area contributed by atoms with E-state index in [1.165, 1.54) is 12.1 Å². The molecular formula is C27H31Cl2NO6S. The summed E-state index contributed by atoms with van der Waals surface area (Å²) in [6, 6.07) is 18.4. The quantitative estimate of drug-likeness (QED) is 0.241. The van der Waals surface area contributed by atoms with Crippen molar-refractivity contribution in [1.82, 2.24) is 5.32 Å². The highest BCUT2D eigenvalue weighted by molar-refractivity contribution is 7.91.